The predicted molar refractivity (Wildman–Crippen MR) is 135 cm³/mol. The summed E-state index contributed by atoms with van der Waals surface area (Å²) in [5.41, 5.74) is 2.14. The van der Waals surface area contributed by atoms with E-state index in [2.05, 4.69) is 46.7 Å². The summed E-state index contributed by atoms with van der Waals surface area (Å²) < 4.78 is 13.0. The third-order valence-electron chi connectivity index (χ3n) is 5.62. The van der Waals surface area contributed by atoms with Crippen LogP contribution in [0.4, 0.5) is 5.82 Å². The molecule has 33 heavy (non-hydrogen) atoms. The third-order valence-corrected chi connectivity index (χ3v) is 6.97. The molecule has 0 radical (unpaired) electrons. The second kappa shape index (κ2) is 7.80. The zero-order chi connectivity index (χ0) is 22.4. The van der Waals surface area contributed by atoms with Crippen molar-refractivity contribution in [1.29, 1.82) is 0 Å². The van der Waals surface area contributed by atoms with Crippen molar-refractivity contribution in [3.8, 4) is 5.44 Å². The molecule has 0 atom stereocenters. The maximum atomic E-state index is 11.5. The van der Waals surface area contributed by atoms with Gasteiger partial charge in [0.1, 0.15) is 17.0 Å². The van der Waals surface area contributed by atoms with Gasteiger partial charge in [-0.25, -0.2) is 4.98 Å². The summed E-state index contributed by atoms with van der Waals surface area (Å²) in [5.74, 6) is 0.292. The molecule has 6 aromatic rings. The van der Waals surface area contributed by atoms with Gasteiger partial charge >= 0.3 is 0 Å². The van der Waals surface area contributed by atoms with Crippen molar-refractivity contribution in [2.24, 2.45) is 0 Å². The first kappa shape index (κ1) is 19.6. The number of amides is 1. The summed E-state index contributed by atoms with van der Waals surface area (Å²) in [5, 5.41) is 9.25. The van der Waals surface area contributed by atoms with Gasteiger partial charge in [-0.15, -0.1) is 0 Å². The van der Waals surface area contributed by atoms with Gasteiger partial charge in [-0.3, -0.25) is 4.79 Å². The van der Waals surface area contributed by atoms with Gasteiger partial charge < -0.3 is 13.7 Å². The molecule has 2 aromatic heterocycles. The Kier molecular flexibility index (Phi) is 4.63. The molecule has 4 aromatic carbocycles. The molecule has 0 spiro atoms. The number of nitrogens with zero attached hydrogens (tertiary/aromatic N) is 1. The topological polar surface area (TPSA) is 68.3 Å². The Bertz CT molecular complexity index is 1640. The SMILES string of the molecule is CC(=O)Nc1cccc(-p2oc3ccc4ccccc4c3c3c(ccc4ccccc43)o2)n1. The lowest BCUT2D eigenvalue weighted by Gasteiger charge is -2.05. The van der Waals surface area contributed by atoms with E-state index in [1.807, 2.05) is 48.5 Å². The van der Waals surface area contributed by atoms with Crippen molar-refractivity contribution in [3.05, 3.63) is 91.0 Å². The molecule has 0 saturated heterocycles. The normalized spacial score (nSPS) is 11.3. The number of nitrogens with one attached hydrogen (secondary N) is 1. The molecule has 0 saturated carbocycles. The Hall–Kier alpha value is -4.08. The minimum atomic E-state index is -1.58. The van der Waals surface area contributed by atoms with E-state index in [0.717, 1.165) is 43.5 Å². The highest BCUT2D eigenvalue weighted by molar-refractivity contribution is 7.45. The first-order valence-corrected chi connectivity index (χ1v) is 11.8. The molecule has 0 aliphatic rings. The van der Waals surface area contributed by atoms with E-state index in [-0.39, 0.29) is 5.91 Å². The molecule has 6 heteroatoms. The van der Waals surface area contributed by atoms with Gasteiger partial charge in [0.2, 0.25) is 5.91 Å². The first-order chi connectivity index (χ1) is 16.2. The van der Waals surface area contributed by atoms with Crippen molar-refractivity contribution in [2.45, 2.75) is 6.92 Å². The fourth-order valence-electron chi connectivity index (χ4n) is 4.24. The quantitative estimate of drug-likeness (QED) is 0.291. The molecule has 6 rings (SSSR count). The zero-order valence-corrected chi connectivity index (χ0v) is 18.7. The maximum absolute atomic E-state index is 11.5. The second-order valence-electron chi connectivity index (χ2n) is 7.82. The number of hydrogen-bond acceptors (Lipinski definition) is 4. The Balaban J connectivity index is 1.79. The molecule has 0 bridgehead atoms. The van der Waals surface area contributed by atoms with Crippen LogP contribution < -0.4 is 5.32 Å². The Morgan fingerprint density at radius 3 is 1.88 bits per heavy atom. The zero-order valence-electron chi connectivity index (χ0n) is 17.8. The minimum absolute atomic E-state index is 0.177. The second-order valence-corrected chi connectivity index (χ2v) is 9.16. The Morgan fingerprint density at radius 1 is 0.727 bits per heavy atom. The first-order valence-electron chi connectivity index (χ1n) is 10.6. The van der Waals surface area contributed by atoms with Crippen LogP contribution in [-0.2, 0) is 4.79 Å². The lowest BCUT2D eigenvalue weighted by Crippen LogP contribution is -2.06. The van der Waals surface area contributed by atoms with Crippen LogP contribution in [0.15, 0.2) is 99.4 Å². The van der Waals surface area contributed by atoms with Gasteiger partial charge in [0.25, 0.3) is 8.01 Å². The molecule has 2 heterocycles. The van der Waals surface area contributed by atoms with E-state index < -0.39 is 8.01 Å². The number of rotatable bonds is 2. The summed E-state index contributed by atoms with van der Waals surface area (Å²) in [4.78, 5) is 16.1. The molecular formula is C27H19N2O3P. The highest BCUT2D eigenvalue weighted by Crippen LogP contribution is 2.44. The molecule has 1 amide bonds. The number of carbonyl (C=O) groups excluding carboxylic acids is 1. The predicted octanol–water partition coefficient (Wildman–Crippen LogP) is 7.94. The number of hydrogen-bond donors (Lipinski definition) is 1. The standard InChI is InChI=1S/C27H19N2O3P/c1-17(30)28-24-11-6-12-25(29-24)33-31-22-15-13-18-7-2-4-9-20(18)26(22)27-21-10-5-3-8-19(21)14-16-23(27)32-33/h2-16H,1H3,(H,28,29,30). The maximum Gasteiger partial charge on any atom is 0.272 e. The van der Waals surface area contributed by atoms with E-state index in [0.29, 0.717) is 11.3 Å². The summed E-state index contributed by atoms with van der Waals surface area (Å²) in [7, 11) is -1.58. The van der Waals surface area contributed by atoms with E-state index in [4.69, 9.17) is 8.39 Å². The largest absolute Gasteiger partial charge is 0.415 e. The molecule has 0 unspecified atom stereocenters. The van der Waals surface area contributed by atoms with Crippen molar-refractivity contribution < 1.29 is 13.2 Å². The van der Waals surface area contributed by atoms with Gasteiger partial charge in [-0.1, -0.05) is 66.7 Å². The Morgan fingerprint density at radius 2 is 1.30 bits per heavy atom. The molecule has 160 valence electrons. The van der Waals surface area contributed by atoms with E-state index in [1.54, 1.807) is 6.07 Å². The average molecular weight is 450 g/mol. The van der Waals surface area contributed by atoms with Gasteiger partial charge in [-0.2, -0.15) is 0 Å². The van der Waals surface area contributed by atoms with Gasteiger partial charge in [0.05, 0.1) is 0 Å². The van der Waals surface area contributed by atoms with Crippen molar-refractivity contribution >= 4 is 63.2 Å². The summed E-state index contributed by atoms with van der Waals surface area (Å²) >= 11 is 0. The molecular weight excluding hydrogens is 431 g/mol. The van der Waals surface area contributed by atoms with Crippen LogP contribution in [0.3, 0.4) is 0 Å². The van der Waals surface area contributed by atoms with Gasteiger partial charge in [0, 0.05) is 17.7 Å². The average Bonchev–Trinajstić information content (AvgIpc) is 3.01. The van der Waals surface area contributed by atoms with Gasteiger partial charge in [0.15, 0.2) is 5.44 Å². The smallest absolute Gasteiger partial charge is 0.272 e. The monoisotopic (exact) mass is 450 g/mol. The summed E-state index contributed by atoms with van der Waals surface area (Å²) in [6.07, 6.45) is 0. The fourth-order valence-corrected chi connectivity index (χ4v) is 5.52. The van der Waals surface area contributed by atoms with Crippen LogP contribution in [-0.4, -0.2) is 10.9 Å². The van der Waals surface area contributed by atoms with Crippen LogP contribution in [0.5, 0.6) is 0 Å². The van der Waals surface area contributed by atoms with E-state index in [9.17, 15) is 4.79 Å². The lowest BCUT2D eigenvalue weighted by molar-refractivity contribution is -0.114. The molecule has 0 aliphatic heterocycles. The highest BCUT2D eigenvalue weighted by atomic mass is 31.1. The van der Waals surface area contributed by atoms with E-state index in [1.165, 1.54) is 6.92 Å². The van der Waals surface area contributed by atoms with Crippen LogP contribution in [0, 0.1) is 0 Å². The number of pyridine rings is 1. The van der Waals surface area contributed by atoms with Crippen LogP contribution >= 0.6 is 8.01 Å². The Labute approximate surface area is 190 Å². The lowest BCUT2D eigenvalue weighted by atomic mass is 9.99. The van der Waals surface area contributed by atoms with Crippen LogP contribution in [0.2, 0.25) is 0 Å². The molecule has 0 aliphatic carbocycles. The van der Waals surface area contributed by atoms with Crippen molar-refractivity contribution in [2.75, 3.05) is 5.32 Å². The number of aromatic nitrogens is 1. The van der Waals surface area contributed by atoms with Crippen molar-refractivity contribution in [1.82, 2.24) is 4.98 Å². The van der Waals surface area contributed by atoms with Crippen molar-refractivity contribution in [3.63, 3.8) is 0 Å². The third kappa shape index (κ3) is 3.43. The van der Waals surface area contributed by atoms with Gasteiger partial charge in [-0.05, 0) is 45.8 Å². The number of benzene rings is 4. The van der Waals surface area contributed by atoms with Crippen LogP contribution in [0.1, 0.15) is 6.92 Å². The number of anilines is 1. The number of carbonyl (C=O) groups is 1. The molecule has 1 N–H and O–H groups in total. The summed E-state index contributed by atoms with van der Waals surface area (Å²) in [6, 6.07) is 30.2. The molecule has 0 fully saturated rings. The highest BCUT2D eigenvalue weighted by Gasteiger charge is 2.14. The van der Waals surface area contributed by atoms with Crippen LogP contribution in [0.25, 0.3) is 48.9 Å². The fraction of sp³-hybridized carbons (Fsp3) is 0.0370. The van der Waals surface area contributed by atoms with E-state index >= 15 is 0 Å². The minimum Gasteiger partial charge on any atom is -0.415 e. The number of fused-ring (bicyclic) bond motifs is 7. The molecule has 5 nitrogen and oxygen atoms in total. The summed E-state index contributed by atoms with van der Waals surface area (Å²) in [6.45, 7) is 1.46.